The zero-order chi connectivity index (χ0) is 14.7. The predicted molar refractivity (Wildman–Crippen MR) is 77.9 cm³/mol. The lowest BCUT2D eigenvalue weighted by Crippen LogP contribution is -2.26. The molecule has 0 heterocycles. The van der Waals surface area contributed by atoms with Gasteiger partial charge in [0, 0.05) is 16.6 Å². The molecule has 0 aliphatic heterocycles. The second-order valence-corrected chi connectivity index (χ2v) is 5.35. The van der Waals surface area contributed by atoms with E-state index in [-0.39, 0.29) is 17.7 Å². The van der Waals surface area contributed by atoms with Crippen molar-refractivity contribution < 1.29 is 8.78 Å². The fraction of sp³-hybridized carbons (Fsp3) is 0.250. The van der Waals surface area contributed by atoms with Crippen LogP contribution in [0.5, 0.6) is 0 Å². The summed E-state index contributed by atoms with van der Waals surface area (Å²) in [6.07, 6.45) is 0.801. The Hall–Kier alpha value is -1.45. The van der Waals surface area contributed by atoms with Gasteiger partial charge >= 0.3 is 0 Å². The van der Waals surface area contributed by atoms with Crippen LogP contribution in [-0.4, -0.2) is 6.04 Å². The third-order valence-corrected chi connectivity index (χ3v) is 3.68. The second-order valence-electron chi connectivity index (χ2n) is 4.94. The van der Waals surface area contributed by atoms with E-state index in [1.165, 1.54) is 18.2 Å². The van der Waals surface area contributed by atoms with Crippen molar-refractivity contribution in [2.75, 3.05) is 0 Å². The van der Waals surface area contributed by atoms with Gasteiger partial charge < -0.3 is 5.73 Å². The lowest BCUT2D eigenvalue weighted by atomic mass is 9.96. The first-order valence-corrected chi connectivity index (χ1v) is 6.78. The fourth-order valence-electron chi connectivity index (χ4n) is 2.20. The zero-order valence-corrected chi connectivity index (χ0v) is 11.9. The highest BCUT2D eigenvalue weighted by Crippen LogP contribution is 2.21. The van der Waals surface area contributed by atoms with Gasteiger partial charge in [0.15, 0.2) is 0 Å². The minimum Gasteiger partial charge on any atom is -0.327 e. The summed E-state index contributed by atoms with van der Waals surface area (Å²) in [5, 5.41) is 0.372. The van der Waals surface area contributed by atoms with Gasteiger partial charge in [-0.05, 0) is 55.2 Å². The molecule has 0 amide bonds. The van der Waals surface area contributed by atoms with E-state index >= 15 is 0 Å². The van der Waals surface area contributed by atoms with Gasteiger partial charge in [-0.15, -0.1) is 0 Å². The summed E-state index contributed by atoms with van der Waals surface area (Å²) in [5.41, 5.74) is 8.27. The molecule has 2 N–H and O–H groups in total. The molecule has 1 nitrogen and oxygen atoms in total. The van der Waals surface area contributed by atoms with Gasteiger partial charge in [0.2, 0.25) is 0 Å². The summed E-state index contributed by atoms with van der Waals surface area (Å²) in [6.45, 7) is 1.90. The summed E-state index contributed by atoms with van der Waals surface area (Å²) in [6, 6.07) is 8.85. The summed E-state index contributed by atoms with van der Waals surface area (Å²) in [7, 11) is 0. The van der Waals surface area contributed by atoms with Crippen molar-refractivity contribution in [1.82, 2.24) is 0 Å². The Balaban J connectivity index is 2.13. The first-order valence-electron chi connectivity index (χ1n) is 6.41. The highest BCUT2D eigenvalue weighted by molar-refractivity contribution is 6.31. The van der Waals surface area contributed by atoms with Crippen molar-refractivity contribution in [3.8, 4) is 0 Å². The molecule has 1 atom stereocenters. The molecule has 2 aromatic rings. The Labute approximate surface area is 122 Å². The van der Waals surface area contributed by atoms with Gasteiger partial charge in [-0.25, -0.2) is 8.78 Å². The smallest absolute Gasteiger partial charge is 0.127 e. The van der Waals surface area contributed by atoms with Gasteiger partial charge in [0.25, 0.3) is 0 Å². The van der Waals surface area contributed by atoms with E-state index < -0.39 is 0 Å². The van der Waals surface area contributed by atoms with E-state index in [1.54, 1.807) is 18.2 Å². The van der Waals surface area contributed by atoms with Crippen LogP contribution in [0.2, 0.25) is 5.02 Å². The van der Waals surface area contributed by atoms with E-state index in [0.29, 0.717) is 23.4 Å². The maximum atomic E-state index is 13.7. The molecule has 0 aliphatic carbocycles. The molecule has 106 valence electrons. The second kappa shape index (κ2) is 6.33. The number of rotatable bonds is 4. The number of aryl methyl sites for hydroxylation is 1. The number of hydrogen-bond donors (Lipinski definition) is 1. The molecule has 0 aliphatic rings. The average molecular weight is 296 g/mol. The molecule has 0 radical (unpaired) electrons. The third-order valence-electron chi connectivity index (χ3n) is 3.32. The maximum absolute atomic E-state index is 13.7. The van der Waals surface area contributed by atoms with Crippen molar-refractivity contribution in [2.45, 2.75) is 25.8 Å². The summed E-state index contributed by atoms with van der Waals surface area (Å²) >= 11 is 5.98. The van der Waals surface area contributed by atoms with Crippen LogP contribution in [0, 0.1) is 18.6 Å². The monoisotopic (exact) mass is 295 g/mol. The van der Waals surface area contributed by atoms with Crippen LogP contribution >= 0.6 is 11.6 Å². The largest absolute Gasteiger partial charge is 0.327 e. The highest BCUT2D eigenvalue weighted by Gasteiger charge is 2.13. The first kappa shape index (κ1) is 14.9. The third kappa shape index (κ3) is 3.56. The quantitative estimate of drug-likeness (QED) is 0.905. The molecule has 2 rings (SSSR count). The van der Waals surface area contributed by atoms with Gasteiger partial charge in [-0.1, -0.05) is 23.7 Å². The van der Waals surface area contributed by atoms with E-state index in [9.17, 15) is 8.78 Å². The molecule has 0 saturated carbocycles. The van der Waals surface area contributed by atoms with Crippen LogP contribution in [0.25, 0.3) is 0 Å². The van der Waals surface area contributed by atoms with Crippen molar-refractivity contribution in [3.05, 3.63) is 69.7 Å². The highest BCUT2D eigenvalue weighted by atomic mass is 35.5. The molecule has 1 unspecified atom stereocenters. The standard InChI is InChI=1S/C16H16ClF2N/c1-10-5-6-12(18)7-11(10)8-13(20)9-14-15(17)3-2-4-16(14)19/h2-7,13H,8-9,20H2,1H3. The Morgan fingerprint density at radius 3 is 2.60 bits per heavy atom. The van der Waals surface area contributed by atoms with E-state index in [1.807, 2.05) is 6.92 Å². The SMILES string of the molecule is Cc1ccc(F)cc1CC(N)Cc1c(F)cccc1Cl. The number of hydrogen-bond acceptors (Lipinski definition) is 1. The first-order chi connectivity index (χ1) is 9.47. The Bertz CT molecular complexity index is 593. The molecule has 0 bridgehead atoms. The fourth-order valence-corrected chi connectivity index (χ4v) is 2.44. The lowest BCUT2D eigenvalue weighted by Gasteiger charge is -2.15. The normalized spacial score (nSPS) is 12.4. The minimum atomic E-state index is -0.357. The van der Waals surface area contributed by atoms with Gasteiger partial charge in [0.05, 0.1) is 0 Å². The molecule has 20 heavy (non-hydrogen) atoms. The average Bonchev–Trinajstić information content (AvgIpc) is 2.38. The summed E-state index contributed by atoms with van der Waals surface area (Å²) in [4.78, 5) is 0. The van der Waals surface area contributed by atoms with Crippen LogP contribution < -0.4 is 5.73 Å². The molecule has 0 spiro atoms. The Morgan fingerprint density at radius 2 is 1.90 bits per heavy atom. The molecule has 0 aromatic heterocycles. The van der Waals surface area contributed by atoms with Crippen molar-refractivity contribution >= 4 is 11.6 Å². The summed E-state index contributed by atoms with van der Waals surface area (Å²) < 4.78 is 26.9. The van der Waals surface area contributed by atoms with Gasteiger partial charge in [-0.3, -0.25) is 0 Å². The van der Waals surface area contributed by atoms with Crippen LogP contribution in [-0.2, 0) is 12.8 Å². The van der Waals surface area contributed by atoms with Crippen molar-refractivity contribution in [1.29, 1.82) is 0 Å². The van der Waals surface area contributed by atoms with Crippen LogP contribution in [0.1, 0.15) is 16.7 Å². The molecule has 0 fully saturated rings. The van der Waals surface area contributed by atoms with E-state index in [4.69, 9.17) is 17.3 Å². The van der Waals surface area contributed by atoms with Crippen LogP contribution in [0.3, 0.4) is 0 Å². The van der Waals surface area contributed by atoms with E-state index in [2.05, 4.69) is 0 Å². The topological polar surface area (TPSA) is 26.0 Å². The number of benzene rings is 2. The number of halogens is 3. The Kier molecular flexibility index (Phi) is 4.73. The zero-order valence-electron chi connectivity index (χ0n) is 11.2. The van der Waals surface area contributed by atoms with Gasteiger partial charge in [0.1, 0.15) is 11.6 Å². The molecule has 0 saturated heterocycles. The lowest BCUT2D eigenvalue weighted by molar-refractivity contribution is 0.581. The van der Waals surface area contributed by atoms with Crippen molar-refractivity contribution in [2.24, 2.45) is 5.73 Å². The van der Waals surface area contributed by atoms with E-state index in [0.717, 1.165) is 11.1 Å². The Morgan fingerprint density at radius 1 is 1.15 bits per heavy atom. The minimum absolute atomic E-state index is 0.290. The van der Waals surface area contributed by atoms with Crippen LogP contribution in [0.4, 0.5) is 8.78 Å². The maximum Gasteiger partial charge on any atom is 0.127 e. The van der Waals surface area contributed by atoms with Crippen LogP contribution in [0.15, 0.2) is 36.4 Å². The number of nitrogens with two attached hydrogens (primary N) is 1. The molecule has 4 heteroatoms. The van der Waals surface area contributed by atoms with Gasteiger partial charge in [-0.2, -0.15) is 0 Å². The summed E-state index contributed by atoms with van der Waals surface area (Å²) in [5.74, 6) is -0.648. The molecular weight excluding hydrogens is 280 g/mol. The van der Waals surface area contributed by atoms with Crippen molar-refractivity contribution in [3.63, 3.8) is 0 Å². The predicted octanol–water partition coefficient (Wildman–Crippen LogP) is 4.04. The molecular formula is C16H16ClF2N. The molecule has 2 aromatic carbocycles.